The zero-order valence-corrected chi connectivity index (χ0v) is 18.0. The Bertz CT molecular complexity index is 758. The summed E-state index contributed by atoms with van der Waals surface area (Å²) < 4.78 is 26.4. The van der Waals surface area contributed by atoms with Gasteiger partial charge in [0.1, 0.15) is 5.75 Å². The van der Waals surface area contributed by atoms with Gasteiger partial charge >= 0.3 is 0 Å². The van der Waals surface area contributed by atoms with Gasteiger partial charge < -0.3 is 9.16 Å². The van der Waals surface area contributed by atoms with Crippen molar-refractivity contribution in [2.45, 2.75) is 70.4 Å². The Morgan fingerprint density at radius 1 is 1.26 bits per heavy atom. The van der Waals surface area contributed by atoms with Crippen molar-refractivity contribution < 1.29 is 18.3 Å². The van der Waals surface area contributed by atoms with Crippen LogP contribution in [0, 0.1) is 17.3 Å². The van der Waals surface area contributed by atoms with Gasteiger partial charge in [-0.25, -0.2) is 4.39 Å². The molecule has 1 aromatic rings. The number of aryl methyl sites for hydroxylation is 1. The van der Waals surface area contributed by atoms with Crippen LogP contribution in [-0.4, -0.2) is 33.5 Å². The normalized spacial score (nSPS) is 38.1. The average Bonchev–Trinajstić information content (AvgIpc) is 2.82. The van der Waals surface area contributed by atoms with E-state index in [9.17, 15) is 9.18 Å². The zero-order chi connectivity index (χ0) is 19.6. The standard InChI is InChI=1S/C22H31FO3Si/c1-22-12-19(25-2)20-15-9-7-14(26-27(3,4)5)10-13(15)6-8-16(20)17(22)11-18(23)21(22)24/h7,9-10,16-20H,6,8,11-12H2,1-5H3/t16-,17-,18+,19-,20+,22-/m0/s1. The summed E-state index contributed by atoms with van der Waals surface area (Å²) in [5.74, 6) is 1.45. The molecule has 3 nitrogen and oxygen atoms in total. The van der Waals surface area contributed by atoms with Crippen LogP contribution in [0.2, 0.25) is 19.6 Å². The van der Waals surface area contributed by atoms with Crippen LogP contribution in [-0.2, 0) is 16.0 Å². The monoisotopic (exact) mass is 390 g/mol. The highest BCUT2D eigenvalue weighted by molar-refractivity contribution is 6.70. The Hall–Kier alpha value is -1.20. The number of fused-ring (bicyclic) bond motifs is 5. The van der Waals surface area contributed by atoms with Crippen LogP contribution in [0.25, 0.3) is 0 Å². The number of ketones is 1. The van der Waals surface area contributed by atoms with Crippen LogP contribution in [0.15, 0.2) is 18.2 Å². The lowest BCUT2D eigenvalue weighted by atomic mass is 9.54. The van der Waals surface area contributed by atoms with Crippen LogP contribution >= 0.6 is 0 Å². The van der Waals surface area contributed by atoms with Crippen LogP contribution in [0.1, 0.15) is 43.2 Å². The Balaban J connectivity index is 1.70. The van der Waals surface area contributed by atoms with Gasteiger partial charge in [-0.2, -0.15) is 0 Å². The van der Waals surface area contributed by atoms with Crippen LogP contribution in [0.4, 0.5) is 4.39 Å². The number of halogens is 1. The van der Waals surface area contributed by atoms with Crippen LogP contribution in [0.5, 0.6) is 5.75 Å². The highest BCUT2D eigenvalue weighted by Gasteiger charge is 2.61. The Morgan fingerprint density at radius 3 is 2.67 bits per heavy atom. The van der Waals surface area contributed by atoms with Gasteiger partial charge in [0.25, 0.3) is 0 Å². The van der Waals surface area contributed by atoms with Crippen molar-refractivity contribution in [2.75, 3.05) is 7.11 Å². The number of carbonyl (C=O) groups is 1. The minimum absolute atomic E-state index is 0.0340. The number of carbonyl (C=O) groups excluding carboxylic acids is 1. The Morgan fingerprint density at radius 2 is 2.00 bits per heavy atom. The maximum Gasteiger partial charge on any atom is 0.242 e. The van der Waals surface area contributed by atoms with E-state index in [0.717, 1.165) is 18.6 Å². The van der Waals surface area contributed by atoms with Gasteiger partial charge in [0.05, 0.1) is 6.10 Å². The minimum atomic E-state index is -1.65. The average molecular weight is 391 g/mol. The van der Waals surface area contributed by atoms with E-state index in [1.165, 1.54) is 11.1 Å². The summed E-state index contributed by atoms with van der Waals surface area (Å²) in [5, 5.41) is 0. The second kappa shape index (κ2) is 6.41. The smallest absolute Gasteiger partial charge is 0.242 e. The largest absolute Gasteiger partial charge is 0.544 e. The number of benzene rings is 1. The molecule has 0 amide bonds. The minimum Gasteiger partial charge on any atom is -0.544 e. The van der Waals surface area contributed by atoms with Crippen molar-refractivity contribution in [3.8, 4) is 5.75 Å². The molecule has 4 rings (SSSR count). The molecule has 0 aliphatic heterocycles. The zero-order valence-electron chi connectivity index (χ0n) is 17.0. The summed E-state index contributed by atoms with van der Waals surface area (Å²) in [4.78, 5) is 12.6. The summed E-state index contributed by atoms with van der Waals surface area (Å²) >= 11 is 0. The molecule has 0 saturated heterocycles. The molecule has 27 heavy (non-hydrogen) atoms. The van der Waals surface area contributed by atoms with E-state index in [2.05, 4.69) is 37.8 Å². The molecule has 5 heteroatoms. The molecule has 6 atom stereocenters. The number of ether oxygens (including phenoxy) is 1. The lowest BCUT2D eigenvalue weighted by Gasteiger charge is -2.51. The maximum absolute atomic E-state index is 14.4. The maximum atomic E-state index is 14.4. The predicted molar refractivity (Wildman–Crippen MR) is 106 cm³/mol. The van der Waals surface area contributed by atoms with E-state index in [1.54, 1.807) is 7.11 Å². The third kappa shape index (κ3) is 3.07. The Kier molecular flexibility index (Phi) is 4.54. The molecule has 0 aromatic heterocycles. The van der Waals surface area contributed by atoms with Gasteiger partial charge in [-0.15, -0.1) is 0 Å². The first-order valence-electron chi connectivity index (χ1n) is 10.2. The molecular formula is C22H31FO3Si. The van der Waals surface area contributed by atoms with Crippen molar-refractivity contribution in [2.24, 2.45) is 17.3 Å². The molecule has 0 radical (unpaired) electrons. The quantitative estimate of drug-likeness (QED) is 0.689. The van der Waals surface area contributed by atoms with E-state index in [-0.39, 0.29) is 23.7 Å². The molecule has 2 saturated carbocycles. The first-order chi connectivity index (χ1) is 12.6. The molecule has 1 aromatic carbocycles. The molecule has 3 aliphatic rings. The summed E-state index contributed by atoms with van der Waals surface area (Å²) in [6, 6.07) is 6.47. The SMILES string of the molecule is CO[C@H]1C[C@]2(C)C(=O)[C@H](F)C[C@H]2[C@@H]2CCc3cc(O[Si](C)(C)C)ccc3[C@H]21. The molecule has 0 spiro atoms. The van der Waals surface area contributed by atoms with Gasteiger partial charge in [0.2, 0.25) is 8.32 Å². The highest BCUT2D eigenvalue weighted by Crippen LogP contribution is 2.60. The van der Waals surface area contributed by atoms with Crippen molar-refractivity contribution >= 4 is 14.1 Å². The number of methoxy groups -OCH3 is 1. The van der Waals surface area contributed by atoms with Crippen LogP contribution < -0.4 is 4.43 Å². The predicted octanol–water partition coefficient (Wildman–Crippen LogP) is 4.90. The third-order valence-corrected chi connectivity index (χ3v) is 7.93. The summed E-state index contributed by atoms with van der Waals surface area (Å²) in [5.41, 5.74) is 2.08. The van der Waals surface area contributed by atoms with E-state index < -0.39 is 19.9 Å². The van der Waals surface area contributed by atoms with Crippen LogP contribution in [0.3, 0.4) is 0 Å². The van der Waals surface area contributed by atoms with E-state index in [0.29, 0.717) is 18.8 Å². The van der Waals surface area contributed by atoms with Gasteiger partial charge in [-0.3, -0.25) is 4.79 Å². The fourth-order valence-electron chi connectivity index (χ4n) is 6.01. The van der Waals surface area contributed by atoms with Crippen molar-refractivity contribution in [1.82, 2.24) is 0 Å². The molecule has 148 valence electrons. The molecule has 3 aliphatic carbocycles. The number of hydrogen-bond acceptors (Lipinski definition) is 3. The second-order valence-electron chi connectivity index (χ2n) is 9.87. The molecule has 0 unspecified atom stereocenters. The third-order valence-electron chi connectivity index (χ3n) is 7.08. The first kappa shape index (κ1) is 19.1. The van der Waals surface area contributed by atoms with Gasteiger partial charge in [0, 0.05) is 18.4 Å². The number of Topliss-reactive ketones (excluding diaryl/α,β-unsaturated/α-hetero) is 1. The number of rotatable bonds is 3. The first-order valence-corrected chi connectivity index (χ1v) is 13.6. The topological polar surface area (TPSA) is 35.5 Å². The number of hydrogen-bond donors (Lipinski definition) is 0. The van der Waals surface area contributed by atoms with E-state index in [4.69, 9.17) is 9.16 Å². The highest BCUT2D eigenvalue weighted by atomic mass is 28.4. The fourth-order valence-corrected chi connectivity index (χ4v) is 6.84. The molecule has 0 N–H and O–H groups in total. The lowest BCUT2D eigenvalue weighted by Crippen LogP contribution is -2.49. The summed E-state index contributed by atoms with van der Waals surface area (Å²) in [6.07, 6.45) is 1.64. The van der Waals surface area contributed by atoms with Gasteiger partial charge in [-0.05, 0) is 80.4 Å². The van der Waals surface area contributed by atoms with Crippen molar-refractivity contribution in [3.05, 3.63) is 29.3 Å². The molecular weight excluding hydrogens is 359 g/mol. The lowest BCUT2D eigenvalue weighted by molar-refractivity contribution is -0.137. The van der Waals surface area contributed by atoms with Crippen molar-refractivity contribution in [1.29, 1.82) is 0 Å². The fraction of sp³-hybridized carbons (Fsp3) is 0.682. The van der Waals surface area contributed by atoms with E-state index >= 15 is 0 Å². The van der Waals surface area contributed by atoms with Crippen molar-refractivity contribution in [3.63, 3.8) is 0 Å². The molecule has 0 bridgehead atoms. The second-order valence-corrected chi connectivity index (χ2v) is 14.3. The molecule has 2 fully saturated rings. The van der Waals surface area contributed by atoms with Gasteiger partial charge in [-0.1, -0.05) is 13.0 Å². The van der Waals surface area contributed by atoms with E-state index in [1.807, 2.05) is 6.92 Å². The Labute approximate surface area is 162 Å². The molecule has 0 heterocycles. The number of alkyl halides is 1. The summed E-state index contributed by atoms with van der Waals surface area (Å²) in [6.45, 7) is 8.55. The summed E-state index contributed by atoms with van der Waals surface area (Å²) in [7, 11) is 0.0859. The van der Waals surface area contributed by atoms with Gasteiger partial charge in [0.15, 0.2) is 12.0 Å².